The predicted molar refractivity (Wildman–Crippen MR) is 90.6 cm³/mol. The highest BCUT2D eigenvalue weighted by atomic mass is 32.2. The molecule has 0 saturated heterocycles. The molecule has 1 aromatic carbocycles. The molecule has 0 unspecified atom stereocenters. The third kappa shape index (κ3) is 3.13. The van der Waals surface area contributed by atoms with Crippen molar-refractivity contribution < 1.29 is 8.42 Å². The van der Waals surface area contributed by atoms with Gasteiger partial charge in [0.25, 0.3) is 0 Å². The van der Waals surface area contributed by atoms with Gasteiger partial charge in [0.1, 0.15) is 22.4 Å². The van der Waals surface area contributed by atoms with Crippen LogP contribution in [0.4, 0.5) is 0 Å². The van der Waals surface area contributed by atoms with Gasteiger partial charge in [-0.05, 0) is 19.2 Å². The average Bonchev–Trinajstić information content (AvgIpc) is 3.03. The van der Waals surface area contributed by atoms with Crippen LogP contribution in [0.25, 0.3) is 22.9 Å². The molecule has 2 aromatic heterocycles. The summed E-state index contributed by atoms with van der Waals surface area (Å²) in [5.74, 6) is 0.694. The van der Waals surface area contributed by atoms with Crippen LogP contribution in [-0.2, 0) is 17.1 Å². The highest BCUT2D eigenvalue weighted by Crippen LogP contribution is 2.26. The molecule has 25 heavy (non-hydrogen) atoms. The van der Waals surface area contributed by atoms with E-state index in [1.807, 2.05) is 36.4 Å². The number of sulfonamides is 1. The summed E-state index contributed by atoms with van der Waals surface area (Å²) in [6.45, 7) is 0. The second-order valence-electron chi connectivity index (χ2n) is 5.11. The summed E-state index contributed by atoms with van der Waals surface area (Å²) in [4.78, 5) is 8.50. The van der Waals surface area contributed by atoms with Gasteiger partial charge in [-0.25, -0.2) is 27.8 Å². The Morgan fingerprint density at radius 1 is 1.12 bits per heavy atom. The molecule has 0 aliphatic carbocycles. The summed E-state index contributed by atoms with van der Waals surface area (Å²) in [7, 11) is -0.824. The van der Waals surface area contributed by atoms with Crippen molar-refractivity contribution in [3.05, 3.63) is 48.2 Å². The van der Waals surface area contributed by atoms with Crippen molar-refractivity contribution in [2.75, 3.05) is 7.05 Å². The second-order valence-corrected chi connectivity index (χ2v) is 6.97. The number of benzene rings is 1. The summed E-state index contributed by atoms with van der Waals surface area (Å²) in [5, 5.41) is 13.4. The van der Waals surface area contributed by atoms with Gasteiger partial charge in [0.15, 0.2) is 11.6 Å². The highest BCUT2D eigenvalue weighted by molar-refractivity contribution is 7.89. The van der Waals surface area contributed by atoms with Crippen molar-refractivity contribution in [3.8, 4) is 29.0 Å². The van der Waals surface area contributed by atoms with E-state index in [1.54, 1.807) is 7.05 Å². The normalized spacial score (nSPS) is 11.2. The van der Waals surface area contributed by atoms with E-state index in [4.69, 9.17) is 5.26 Å². The lowest BCUT2D eigenvalue weighted by atomic mass is 10.2. The molecule has 126 valence electrons. The fourth-order valence-corrected chi connectivity index (χ4v) is 3.15. The van der Waals surface area contributed by atoms with Gasteiger partial charge in [0, 0.05) is 12.6 Å². The Kier molecular flexibility index (Phi) is 4.31. The van der Waals surface area contributed by atoms with E-state index in [1.165, 1.54) is 23.9 Å². The number of nitrogens with zero attached hydrogens (tertiary/aromatic N) is 5. The zero-order chi connectivity index (χ0) is 18.0. The van der Waals surface area contributed by atoms with Crippen LogP contribution < -0.4 is 4.72 Å². The number of rotatable bonds is 4. The van der Waals surface area contributed by atoms with Crippen LogP contribution >= 0.6 is 0 Å². The first-order valence-electron chi connectivity index (χ1n) is 7.28. The van der Waals surface area contributed by atoms with E-state index in [2.05, 4.69) is 19.8 Å². The van der Waals surface area contributed by atoms with Crippen molar-refractivity contribution in [1.82, 2.24) is 24.5 Å². The number of hydrogen-bond donors (Lipinski definition) is 1. The Balaban J connectivity index is 2.23. The van der Waals surface area contributed by atoms with Gasteiger partial charge in [0.05, 0.1) is 0 Å². The molecular weight excluding hydrogens is 340 g/mol. The second kappa shape index (κ2) is 6.43. The van der Waals surface area contributed by atoms with E-state index in [9.17, 15) is 8.42 Å². The maximum absolute atomic E-state index is 12.3. The lowest BCUT2D eigenvalue weighted by Gasteiger charge is -2.08. The number of aryl methyl sites for hydroxylation is 1. The van der Waals surface area contributed by atoms with Gasteiger partial charge in [-0.3, -0.25) is 0 Å². The first kappa shape index (κ1) is 16.8. The molecule has 1 N–H and O–H groups in total. The molecule has 9 heteroatoms. The molecule has 0 saturated carbocycles. The number of nitriles is 1. The summed E-state index contributed by atoms with van der Waals surface area (Å²) >= 11 is 0. The summed E-state index contributed by atoms with van der Waals surface area (Å²) < 4.78 is 28.3. The van der Waals surface area contributed by atoms with Crippen LogP contribution in [0.3, 0.4) is 0 Å². The zero-order valence-electron chi connectivity index (χ0n) is 13.5. The highest BCUT2D eigenvalue weighted by Gasteiger charge is 2.23. The van der Waals surface area contributed by atoms with Gasteiger partial charge < -0.3 is 0 Å². The lowest BCUT2D eigenvalue weighted by Crippen LogP contribution is -2.20. The summed E-state index contributed by atoms with van der Waals surface area (Å²) in [5.41, 5.74) is 0.957. The predicted octanol–water partition coefficient (Wildman–Crippen LogP) is 1.32. The Bertz CT molecular complexity index is 1070. The zero-order valence-corrected chi connectivity index (χ0v) is 14.3. The van der Waals surface area contributed by atoms with Crippen LogP contribution in [0, 0.1) is 11.3 Å². The minimum absolute atomic E-state index is 0.0656. The molecule has 0 spiro atoms. The number of pyridine rings is 1. The SMILES string of the molecule is CNS(=O)(=O)c1ccc(C#N)nc1-c1nc(-c2ccccc2)nn1C. The molecule has 0 bridgehead atoms. The van der Waals surface area contributed by atoms with Crippen molar-refractivity contribution >= 4 is 10.0 Å². The van der Waals surface area contributed by atoms with Crippen molar-refractivity contribution in [2.24, 2.45) is 7.05 Å². The quantitative estimate of drug-likeness (QED) is 0.756. The monoisotopic (exact) mass is 354 g/mol. The van der Waals surface area contributed by atoms with Crippen LogP contribution in [0.5, 0.6) is 0 Å². The first-order chi connectivity index (χ1) is 12.0. The van der Waals surface area contributed by atoms with E-state index in [-0.39, 0.29) is 22.1 Å². The lowest BCUT2D eigenvalue weighted by molar-refractivity contribution is 0.588. The largest absolute Gasteiger partial charge is 0.247 e. The number of hydrogen-bond acceptors (Lipinski definition) is 6. The van der Waals surface area contributed by atoms with Gasteiger partial charge in [-0.2, -0.15) is 10.4 Å². The van der Waals surface area contributed by atoms with Crippen molar-refractivity contribution in [1.29, 1.82) is 5.26 Å². The molecule has 0 aliphatic rings. The van der Waals surface area contributed by atoms with Gasteiger partial charge >= 0.3 is 0 Å². The van der Waals surface area contributed by atoms with E-state index in [0.717, 1.165) is 5.56 Å². The minimum Gasteiger partial charge on any atom is -0.247 e. The fourth-order valence-electron chi connectivity index (χ4n) is 2.30. The first-order valence-corrected chi connectivity index (χ1v) is 8.76. The average molecular weight is 354 g/mol. The Morgan fingerprint density at radius 2 is 1.84 bits per heavy atom. The number of nitrogens with one attached hydrogen (secondary N) is 1. The maximum atomic E-state index is 12.3. The Morgan fingerprint density at radius 3 is 2.48 bits per heavy atom. The van der Waals surface area contributed by atoms with Crippen LogP contribution in [-0.4, -0.2) is 35.2 Å². The van der Waals surface area contributed by atoms with E-state index in [0.29, 0.717) is 5.82 Å². The van der Waals surface area contributed by atoms with Gasteiger partial charge in [-0.1, -0.05) is 30.3 Å². The molecule has 3 aromatic rings. The Labute approximate surface area is 144 Å². The molecule has 0 fully saturated rings. The van der Waals surface area contributed by atoms with Crippen molar-refractivity contribution in [3.63, 3.8) is 0 Å². The smallest absolute Gasteiger partial charge is 0.242 e. The molecular formula is C16H14N6O2S. The maximum Gasteiger partial charge on any atom is 0.242 e. The van der Waals surface area contributed by atoms with Crippen molar-refractivity contribution in [2.45, 2.75) is 4.90 Å². The van der Waals surface area contributed by atoms with Gasteiger partial charge in [-0.15, -0.1) is 0 Å². The number of aromatic nitrogens is 4. The van der Waals surface area contributed by atoms with Crippen LogP contribution in [0.2, 0.25) is 0 Å². The van der Waals surface area contributed by atoms with E-state index >= 15 is 0 Å². The van der Waals surface area contributed by atoms with E-state index < -0.39 is 10.0 Å². The molecule has 0 aliphatic heterocycles. The topological polar surface area (TPSA) is 114 Å². The van der Waals surface area contributed by atoms with Crippen LogP contribution in [0.1, 0.15) is 5.69 Å². The van der Waals surface area contributed by atoms with Crippen LogP contribution in [0.15, 0.2) is 47.4 Å². The summed E-state index contributed by atoms with van der Waals surface area (Å²) in [6.07, 6.45) is 0. The molecule has 2 heterocycles. The molecule has 3 rings (SSSR count). The molecule has 0 amide bonds. The minimum atomic E-state index is -3.78. The molecule has 0 atom stereocenters. The third-order valence-corrected chi connectivity index (χ3v) is 4.98. The molecule has 8 nitrogen and oxygen atoms in total. The molecule has 0 radical (unpaired) electrons. The fraction of sp³-hybridized carbons (Fsp3) is 0.125. The third-order valence-electron chi connectivity index (χ3n) is 3.54. The van der Waals surface area contributed by atoms with Gasteiger partial charge in [0.2, 0.25) is 10.0 Å². The summed E-state index contributed by atoms with van der Waals surface area (Å²) in [6, 6.07) is 13.9. The Hall–Kier alpha value is -3.09. The standard InChI is InChI=1S/C16H14N6O2S/c1-18-25(23,24)13-9-8-12(10-17)19-14(13)16-20-15(21-22(16)2)11-6-4-3-5-7-11/h3-9,18H,1-2H3.